The van der Waals surface area contributed by atoms with E-state index in [0.717, 1.165) is 28.5 Å². The van der Waals surface area contributed by atoms with Crippen LogP contribution in [0.2, 0.25) is 0 Å². The number of aliphatic imine (C=N–C) groups is 2. The van der Waals surface area contributed by atoms with E-state index in [1.807, 2.05) is 0 Å². The van der Waals surface area contributed by atoms with Gasteiger partial charge in [0, 0.05) is 23.2 Å². The standard InChI is InChI=1S/C41H35N3/c1-28-10-8-14-35(26-28)42-33-22-18-30(19-23-33)39(31-20-24-34(25-21-31)43-36-15-9-11-29(2)27-36)40-37-16-6-7-17-38(37)44-41(40)32-12-4-3-5-13-32/h3-27,37-38,40,42H,1-2H3. The summed E-state index contributed by atoms with van der Waals surface area (Å²) in [6, 6.07) is 36.4. The molecule has 0 radical (unpaired) electrons. The molecular weight excluding hydrogens is 534 g/mol. The Kier molecular flexibility index (Phi) is 7.60. The molecule has 1 aliphatic heterocycles. The van der Waals surface area contributed by atoms with Crippen LogP contribution in [0.15, 0.2) is 167 Å². The van der Waals surface area contributed by atoms with E-state index in [1.54, 1.807) is 0 Å². The van der Waals surface area contributed by atoms with Crippen molar-refractivity contribution in [1.29, 1.82) is 0 Å². The predicted octanol–water partition coefficient (Wildman–Crippen LogP) is 9.93. The van der Waals surface area contributed by atoms with Crippen LogP contribution in [0.3, 0.4) is 0 Å². The summed E-state index contributed by atoms with van der Waals surface area (Å²) in [4.78, 5) is 10.2. The van der Waals surface area contributed by atoms with Gasteiger partial charge in [0.05, 0.1) is 23.2 Å². The Balaban J connectivity index is 1.31. The highest BCUT2D eigenvalue weighted by Gasteiger charge is 2.40. The number of hydrogen-bond acceptors (Lipinski definition) is 3. The number of fused-ring (bicyclic) bond motifs is 1. The smallest absolute Gasteiger partial charge is 0.0759 e. The van der Waals surface area contributed by atoms with Gasteiger partial charge in [-0.2, -0.15) is 0 Å². The second-order valence-corrected chi connectivity index (χ2v) is 11.7. The Labute approximate surface area is 260 Å². The van der Waals surface area contributed by atoms with E-state index in [-0.39, 0.29) is 17.9 Å². The highest BCUT2D eigenvalue weighted by atomic mass is 14.9. The van der Waals surface area contributed by atoms with Crippen LogP contribution >= 0.6 is 0 Å². The maximum absolute atomic E-state index is 5.32. The van der Waals surface area contributed by atoms with Crippen LogP contribution in [0.4, 0.5) is 17.1 Å². The van der Waals surface area contributed by atoms with Gasteiger partial charge in [-0.05, 0) is 95.8 Å². The van der Waals surface area contributed by atoms with Crippen molar-refractivity contribution in [3.8, 4) is 0 Å². The quantitative estimate of drug-likeness (QED) is 0.246. The first-order chi connectivity index (χ1) is 21.6. The van der Waals surface area contributed by atoms with E-state index in [1.165, 1.54) is 33.4 Å². The molecule has 4 aromatic carbocycles. The summed E-state index contributed by atoms with van der Waals surface area (Å²) in [7, 11) is 0. The Morgan fingerprint density at radius 3 is 2.16 bits per heavy atom. The SMILES string of the molecule is Cc1cccc(N=C2C=CC(=C(c3ccc(Nc4cccc(C)c4)cc3)C3C(c4ccccc4)=NC4C=CC=CC43)C=C2)c1. The van der Waals surface area contributed by atoms with Gasteiger partial charge in [-0.15, -0.1) is 0 Å². The largest absolute Gasteiger partial charge is 0.356 e. The first-order valence-electron chi connectivity index (χ1n) is 15.3. The van der Waals surface area contributed by atoms with E-state index >= 15 is 0 Å². The average molecular weight is 570 g/mol. The van der Waals surface area contributed by atoms with Crippen LogP contribution < -0.4 is 5.32 Å². The van der Waals surface area contributed by atoms with Gasteiger partial charge >= 0.3 is 0 Å². The number of benzene rings is 4. The lowest BCUT2D eigenvalue weighted by atomic mass is 9.74. The van der Waals surface area contributed by atoms with E-state index in [9.17, 15) is 0 Å². The van der Waals surface area contributed by atoms with Crippen molar-refractivity contribution in [1.82, 2.24) is 0 Å². The molecule has 3 nitrogen and oxygen atoms in total. The number of nitrogens with zero attached hydrogens (tertiary/aromatic N) is 2. The Morgan fingerprint density at radius 2 is 1.41 bits per heavy atom. The molecular formula is C41H35N3. The zero-order valence-corrected chi connectivity index (χ0v) is 25.1. The summed E-state index contributed by atoms with van der Waals surface area (Å²) >= 11 is 0. The minimum atomic E-state index is 0.0961. The van der Waals surface area contributed by atoms with Crippen LogP contribution in [0, 0.1) is 25.7 Å². The molecule has 44 heavy (non-hydrogen) atoms. The number of hydrogen-bond donors (Lipinski definition) is 1. The normalized spacial score (nSPS) is 20.0. The molecule has 0 amide bonds. The Bertz CT molecular complexity index is 1880. The second-order valence-electron chi connectivity index (χ2n) is 11.7. The van der Waals surface area contributed by atoms with Crippen LogP contribution in [-0.2, 0) is 0 Å². The van der Waals surface area contributed by atoms with Crippen LogP contribution in [0.1, 0.15) is 22.3 Å². The summed E-state index contributed by atoms with van der Waals surface area (Å²) in [6.07, 6.45) is 17.6. The number of aryl methyl sites for hydroxylation is 2. The molecule has 0 bridgehead atoms. The molecule has 0 saturated heterocycles. The van der Waals surface area contributed by atoms with Gasteiger partial charge < -0.3 is 5.32 Å². The van der Waals surface area contributed by atoms with Crippen molar-refractivity contribution < 1.29 is 0 Å². The zero-order chi connectivity index (χ0) is 29.9. The summed E-state index contributed by atoms with van der Waals surface area (Å²) in [5.41, 5.74) is 12.5. The average Bonchev–Trinajstić information content (AvgIpc) is 3.43. The number of rotatable bonds is 6. The van der Waals surface area contributed by atoms with Crippen molar-refractivity contribution in [2.45, 2.75) is 19.9 Å². The molecule has 3 unspecified atom stereocenters. The van der Waals surface area contributed by atoms with Crippen molar-refractivity contribution in [3.05, 3.63) is 180 Å². The van der Waals surface area contributed by atoms with Crippen LogP contribution in [-0.4, -0.2) is 17.5 Å². The molecule has 0 saturated carbocycles. The molecule has 3 atom stereocenters. The molecule has 214 valence electrons. The molecule has 0 fully saturated rings. The zero-order valence-electron chi connectivity index (χ0n) is 25.1. The maximum atomic E-state index is 5.32. The van der Waals surface area contributed by atoms with Crippen molar-refractivity contribution in [2.75, 3.05) is 5.32 Å². The van der Waals surface area contributed by atoms with E-state index in [2.05, 4.69) is 171 Å². The third-order valence-corrected chi connectivity index (χ3v) is 8.44. The Morgan fingerprint density at radius 1 is 0.682 bits per heavy atom. The highest BCUT2D eigenvalue weighted by Crippen LogP contribution is 2.44. The fourth-order valence-corrected chi connectivity index (χ4v) is 6.38. The van der Waals surface area contributed by atoms with Gasteiger partial charge in [0.25, 0.3) is 0 Å². The van der Waals surface area contributed by atoms with Gasteiger partial charge in [-0.3, -0.25) is 4.99 Å². The van der Waals surface area contributed by atoms with Gasteiger partial charge in [0.15, 0.2) is 0 Å². The maximum Gasteiger partial charge on any atom is 0.0759 e. The third-order valence-electron chi connectivity index (χ3n) is 8.44. The van der Waals surface area contributed by atoms with Gasteiger partial charge in [0.2, 0.25) is 0 Å². The van der Waals surface area contributed by atoms with Crippen LogP contribution in [0.25, 0.3) is 5.57 Å². The molecule has 7 rings (SSSR count). The van der Waals surface area contributed by atoms with E-state index in [0.29, 0.717) is 0 Å². The summed E-state index contributed by atoms with van der Waals surface area (Å²) in [5, 5.41) is 3.57. The molecule has 4 aromatic rings. The van der Waals surface area contributed by atoms with Gasteiger partial charge in [-0.1, -0.05) is 103 Å². The van der Waals surface area contributed by atoms with Crippen molar-refractivity contribution in [2.24, 2.45) is 21.8 Å². The van der Waals surface area contributed by atoms with Crippen LogP contribution in [0.5, 0.6) is 0 Å². The second kappa shape index (κ2) is 12.1. The van der Waals surface area contributed by atoms with Gasteiger partial charge in [-0.25, -0.2) is 4.99 Å². The minimum absolute atomic E-state index is 0.0961. The first kappa shape index (κ1) is 27.5. The number of anilines is 2. The molecule has 3 aliphatic rings. The monoisotopic (exact) mass is 569 g/mol. The molecule has 0 spiro atoms. The summed E-state index contributed by atoms with van der Waals surface area (Å²) < 4.78 is 0. The lowest BCUT2D eigenvalue weighted by Crippen LogP contribution is -2.25. The topological polar surface area (TPSA) is 36.8 Å². The molecule has 0 aromatic heterocycles. The molecule has 2 aliphatic carbocycles. The predicted molar refractivity (Wildman–Crippen MR) is 186 cm³/mol. The fourth-order valence-electron chi connectivity index (χ4n) is 6.38. The summed E-state index contributed by atoms with van der Waals surface area (Å²) in [6.45, 7) is 4.21. The lowest BCUT2D eigenvalue weighted by molar-refractivity contribution is 0.572. The molecule has 1 N–H and O–H groups in total. The van der Waals surface area contributed by atoms with E-state index < -0.39 is 0 Å². The van der Waals surface area contributed by atoms with Crippen molar-refractivity contribution in [3.63, 3.8) is 0 Å². The minimum Gasteiger partial charge on any atom is -0.356 e. The first-order valence-corrected chi connectivity index (χ1v) is 15.3. The van der Waals surface area contributed by atoms with E-state index in [4.69, 9.17) is 9.98 Å². The highest BCUT2D eigenvalue weighted by molar-refractivity contribution is 6.12. The third kappa shape index (κ3) is 5.82. The van der Waals surface area contributed by atoms with Crippen molar-refractivity contribution >= 4 is 34.1 Å². The lowest BCUT2D eigenvalue weighted by Gasteiger charge is -2.28. The number of allylic oxidation sites excluding steroid dienone is 8. The fraction of sp³-hybridized carbons (Fsp3) is 0.122. The molecule has 3 heteroatoms. The Hall–Kier alpha value is -5.28. The summed E-state index contributed by atoms with van der Waals surface area (Å²) in [5.74, 6) is 0.339. The van der Waals surface area contributed by atoms with Gasteiger partial charge in [0.1, 0.15) is 0 Å². The molecule has 1 heterocycles. The number of nitrogens with one attached hydrogen (secondary N) is 1.